The lowest BCUT2D eigenvalue weighted by molar-refractivity contribution is 0.0757. The average molecular weight is 453 g/mol. The van der Waals surface area contributed by atoms with Gasteiger partial charge in [0, 0.05) is 50.8 Å². The summed E-state index contributed by atoms with van der Waals surface area (Å²) >= 11 is 0. The summed E-state index contributed by atoms with van der Waals surface area (Å²) in [6.45, 7) is 19.5. The quantitative estimate of drug-likeness (QED) is 0.267. The molecule has 2 aromatic rings. The number of rotatable bonds is 16. The normalized spacial score (nSPS) is 13.0. The number of anilines is 2. The zero-order valence-electron chi connectivity index (χ0n) is 22.1. The van der Waals surface area contributed by atoms with Gasteiger partial charge in [-0.2, -0.15) is 0 Å². The van der Waals surface area contributed by atoms with Crippen LogP contribution in [0.4, 0.5) is 11.4 Å². The number of hydrogen-bond acceptors (Lipinski definition) is 3. The molecule has 33 heavy (non-hydrogen) atoms. The van der Waals surface area contributed by atoms with Crippen LogP contribution in [0.15, 0.2) is 48.5 Å². The maximum absolute atomic E-state index is 6.15. The number of para-hydroxylation sites is 2. The summed E-state index contributed by atoms with van der Waals surface area (Å²) in [5, 5.41) is 0. The van der Waals surface area contributed by atoms with E-state index in [0.717, 1.165) is 52.2 Å². The average Bonchev–Trinajstić information content (AvgIpc) is 2.84. The van der Waals surface area contributed by atoms with Gasteiger partial charge in [-0.15, -0.1) is 0 Å². The molecule has 2 aromatic carbocycles. The highest BCUT2D eigenvalue weighted by Crippen LogP contribution is 2.24. The van der Waals surface area contributed by atoms with Crippen molar-refractivity contribution in [2.75, 3.05) is 49.2 Å². The molecule has 3 heteroatoms. The van der Waals surface area contributed by atoms with Gasteiger partial charge in [0.05, 0.1) is 0 Å². The molecule has 0 spiro atoms. The second-order valence-corrected chi connectivity index (χ2v) is 9.43. The van der Waals surface area contributed by atoms with Crippen LogP contribution in [0.25, 0.3) is 0 Å². The van der Waals surface area contributed by atoms with Crippen LogP contribution in [0.1, 0.15) is 65.5 Å². The molecule has 3 nitrogen and oxygen atoms in total. The van der Waals surface area contributed by atoms with Crippen LogP contribution in [0, 0.1) is 11.8 Å². The Morgan fingerprint density at radius 2 is 0.970 bits per heavy atom. The number of benzene rings is 2. The highest BCUT2D eigenvalue weighted by atomic mass is 16.5. The van der Waals surface area contributed by atoms with Crippen LogP contribution < -0.4 is 9.80 Å². The largest absolute Gasteiger partial charge is 0.381 e. The van der Waals surface area contributed by atoms with Crippen LogP contribution in [0.2, 0.25) is 0 Å². The Balaban J connectivity index is 1.75. The second kappa shape index (κ2) is 15.0. The SMILES string of the molecule is CCN(CC)c1ccccc1CCC(C)COCC(C)CCc1ccccc1N(CC)CC. The molecule has 2 atom stereocenters. The molecule has 0 aliphatic carbocycles. The fourth-order valence-electron chi connectivity index (χ4n) is 4.63. The highest BCUT2D eigenvalue weighted by molar-refractivity contribution is 5.54. The lowest BCUT2D eigenvalue weighted by atomic mass is 9.99. The number of nitrogens with zero attached hydrogens (tertiary/aromatic N) is 2. The molecule has 2 rings (SSSR count). The van der Waals surface area contributed by atoms with Crippen LogP contribution in [-0.4, -0.2) is 39.4 Å². The first-order chi connectivity index (χ1) is 16.0. The fourth-order valence-corrected chi connectivity index (χ4v) is 4.63. The molecule has 0 amide bonds. The van der Waals surface area contributed by atoms with Gasteiger partial charge < -0.3 is 14.5 Å². The van der Waals surface area contributed by atoms with Crippen molar-refractivity contribution in [3.8, 4) is 0 Å². The van der Waals surface area contributed by atoms with Gasteiger partial charge >= 0.3 is 0 Å². The Labute approximate surface area is 204 Å². The molecule has 0 heterocycles. The van der Waals surface area contributed by atoms with E-state index >= 15 is 0 Å². The lowest BCUT2D eigenvalue weighted by Crippen LogP contribution is -2.23. The second-order valence-electron chi connectivity index (χ2n) is 9.43. The van der Waals surface area contributed by atoms with Crippen molar-refractivity contribution < 1.29 is 4.74 Å². The summed E-state index contributed by atoms with van der Waals surface area (Å²) in [5.74, 6) is 1.15. The van der Waals surface area contributed by atoms with Crippen molar-refractivity contribution in [3.05, 3.63) is 59.7 Å². The third-order valence-electron chi connectivity index (χ3n) is 6.81. The van der Waals surface area contributed by atoms with E-state index in [-0.39, 0.29) is 0 Å². The van der Waals surface area contributed by atoms with E-state index in [0.29, 0.717) is 11.8 Å². The van der Waals surface area contributed by atoms with E-state index in [9.17, 15) is 0 Å². The van der Waals surface area contributed by atoms with Gasteiger partial charge in [-0.05, 0) is 88.5 Å². The Morgan fingerprint density at radius 3 is 1.33 bits per heavy atom. The summed E-state index contributed by atoms with van der Waals surface area (Å²) < 4.78 is 6.15. The summed E-state index contributed by atoms with van der Waals surface area (Å²) in [6, 6.07) is 17.8. The Morgan fingerprint density at radius 1 is 0.606 bits per heavy atom. The van der Waals surface area contributed by atoms with Crippen LogP contribution >= 0.6 is 0 Å². The minimum Gasteiger partial charge on any atom is -0.381 e. The monoisotopic (exact) mass is 452 g/mol. The topological polar surface area (TPSA) is 15.7 Å². The third-order valence-corrected chi connectivity index (χ3v) is 6.81. The first-order valence-electron chi connectivity index (χ1n) is 13.3. The molecule has 0 saturated heterocycles. The predicted molar refractivity (Wildman–Crippen MR) is 146 cm³/mol. The maximum Gasteiger partial charge on any atom is 0.0491 e. The molecule has 2 unspecified atom stereocenters. The minimum atomic E-state index is 0.574. The zero-order valence-corrected chi connectivity index (χ0v) is 22.1. The molecule has 0 aromatic heterocycles. The summed E-state index contributed by atoms with van der Waals surface area (Å²) in [7, 11) is 0. The Hall–Kier alpha value is -2.00. The smallest absolute Gasteiger partial charge is 0.0491 e. The molecule has 0 bridgehead atoms. The molecule has 0 aliphatic rings. The first kappa shape index (κ1) is 27.2. The first-order valence-corrected chi connectivity index (χ1v) is 13.3. The van der Waals surface area contributed by atoms with Gasteiger partial charge in [-0.3, -0.25) is 0 Å². The van der Waals surface area contributed by atoms with Crippen molar-refractivity contribution in [1.82, 2.24) is 0 Å². The Bertz CT molecular complexity index is 717. The van der Waals surface area contributed by atoms with Crippen LogP contribution in [0.5, 0.6) is 0 Å². The zero-order chi connectivity index (χ0) is 24.1. The molecular formula is C30H48N2O. The van der Waals surface area contributed by atoms with E-state index < -0.39 is 0 Å². The van der Waals surface area contributed by atoms with Crippen molar-refractivity contribution >= 4 is 11.4 Å². The number of ether oxygens (including phenoxy) is 1. The molecule has 0 aliphatic heterocycles. The van der Waals surface area contributed by atoms with E-state index in [1.165, 1.54) is 35.3 Å². The van der Waals surface area contributed by atoms with Gasteiger partial charge in [0.2, 0.25) is 0 Å². The van der Waals surface area contributed by atoms with E-state index in [1.807, 2.05) is 0 Å². The Kier molecular flexibility index (Phi) is 12.4. The van der Waals surface area contributed by atoms with Gasteiger partial charge in [0.15, 0.2) is 0 Å². The summed E-state index contributed by atoms with van der Waals surface area (Å²) in [4.78, 5) is 4.91. The fraction of sp³-hybridized carbons (Fsp3) is 0.600. The molecular weight excluding hydrogens is 404 g/mol. The summed E-state index contributed by atoms with van der Waals surface area (Å²) in [6.07, 6.45) is 4.58. The van der Waals surface area contributed by atoms with Gasteiger partial charge in [-0.25, -0.2) is 0 Å². The third kappa shape index (κ3) is 8.70. The van der Waals surface area contributed by atoms with Crippen molar-refractivity contribution in [3.63, 3.8) is 0 Å². The lowest BCUT2D eigenvalue weighted by Gasteiger charge is -2.25. The minimum absolute atomic E-state index is 0.574. The van der Waals surface area contributed by atoms with Crippen LogP contribution in [0.3, 0.4) is 0 Å². The maximum atomic E-state index is 6.15. The van der Waals surface area contributed by atoms with E-state index in [2.05, 4.69) is 99.9 Å². The van der Waals surface area contributed by atoms with Crippen LogP contribution in [-0.2, 0) is 17.6 Å². The summed E-state index contributed by atoms with van der Waals surface area (Å²) in [5.41, 5.74) is 5.73. The molecule has 0 N–H and O–H groups in total. The highest BCUT2D eigenvalue weighted by Gasteiger charge is 2.12. The van der Waals surface area contributed by atoms with Gasteiger partial charge in [0.25, 0.3) is 0 Å². The van der Waals surface area contributed by atoms with Crippen molar-refractivity contribution in [1.29, 1.82) is 0 Å². The molecule has 0 radical (unpaired) electrons. The molecule has 0 saturated carbocycles. The van der Waals surface area contributed by atoms with E-state index in [1.54, 1.807) is 0 Å². The number of hydrogen-bond donors (Lipinski definition) is 0. The van der Waals surface area contributed by atoms with Crippen molar-refractivity contribution in [2.45, 2.75) is 67.2 Å². The molecule has 0 fully saturated rings. The number of aryl methyl sites for hydroxylation is 2. The van der Waals surface area contributed by atoms with Crippen molar-refractivity contribution in [2.24, 2.45) is 11.8 Å². The predicted octanol–water partition coefficient (Wildman–Crippen LogP) is 7.23. The molecule has 184 valence electrons. The van der Waals surface area contributed by atoms with Gasteiger partial charge in [-0.1, -0.05) is 50.2 Å². The van der Waals surface area contributed by atoms with Gasteiger partial charge in [0.1, 0.15) is 0 Å². The standard InChI is InChI=1S/C30H48N2O/c1-7-31(8-2)29-17-13-11-15-27(29)21-19-25(5)23-33-24-26(6)20-22-28-16-12-14-18-30(28)32(9-3)10-4/h11-18,25-26H,7-10,19-24H2,1-6H3. The van der Waals surface area contributed by atoms with E-state index in [4.69, 9.17) is 4.74 Å².